The van der Waals surface area contributed by atoms with Crippen molar-refractivity contribution in [1.29, 1.82) is 0 Å². The molecule has 0 radical (unpaired) electrons. The first-order valence-corrected chi connectivity index (χ1v) is 13.9. The normalized spacial score (nSPS) is 20.5. The Labute approximate surface area is 217 Å². The highest BCUT2D eigenvalue weighted by Crippen LogP contribution is 2.37. The Bertz CT molecular complexity index is 977. The molecule has 1 aliphatic carbocycles. The molecule has 188 valence electrons. The minimum absolute atomic E-state index is 0.578. The molecule has 0 atom stereocenters. The van der Waals surface area contributed by atoms with Gasteiger partial charge in [-0.1, -0.05) is 88.7 Å². The predicted octanol–water partition coefficient (Wildman–Crippen LogP) is 7.72. The van der Waals surface area contributed by atoms with E-state index in [1.807, 2.05) is 38.1 Å². The van der Waals surface area contributed by atoms with Crippen LogP contribution in [0.25, 0.3) is 15.5 Å². The zero-order chi connectivity index (χ0) is 25.4. The van der Waals surface area contributed by atoms with Gasteiger partial charge < -0.3 is 10.6 Å². The van der Waals surface area contributed by atoms with E-state index >= 15 is 0 Å². The molecular formula is C31H43N3S. The highest BCUT2D eigenvalue weighted by atomic mass is 32.2. The van der Waals surface area contributed by atoms with Crippen LogP contribution in [-0.2, 0) is 0 Å². The first-order chi connectivity index (χ1) is 16.9. The lowest BCUT2D eigenvalue weighted by molar-refractivity contribution is 0.133. The first-order valence-electron chi connectivity index (χ1n) is 13.1. The van der Waals surface area contributed by atoms with E-state index < -0.39 is 0 Å². The highest BCUT2D eigenvalue weighted by molar-refractivity contribution is 8.16. The van der Waals surface area contributed by atoms with Crippen molar-refractivity contribution in [3.05, 3.63) is 85.0 Å². The molecule has 4 heteroatoms. The molecule has 1 saturated heterocycles. The van der Waals surface area contributed by atoms with Crippen molar-refractivity contribution in [2.45, 2.75) is 52.5 Å². The Kier molecular flexibility index (Phi) is 10.1. The Morgan fingerprint density at radius 2 is 1.20 bits per heavy atom. The van der Waals surface area contributed by atoms with Crippen LogP contribution in [0.4, 0.5) is 5.69 Å². The van der Waals surface area contributed by atoms with E-state index in [2.05, 4.69) is 60.7 Å². The monoisotopic (exact) mass is 489 g/mol. The van der Waals surface area contributed by atoms with Crippen LogP contribution in [-0.4, -0.2) is 37.1 Å². The lowest BCUT2D eigenvalue weighted by Crippen LogP contribution is -2.51. The number of benzene rings is 2. The average Bonchev–Trinajstić information content (AvgIpc) is 2.90. The van der Waals surface area contributed by atoms with E-state index in [4.69, 9.17) is 5.73 Å². The second-order valence-corrected chi connectivity index (χ2v) is 10.7. The Balaban J connectivity index is 0.00000167. The van der Waals surface area contributed by atoms with Crippen LogP contribution in [0, 0.1) is 5.92 Å². The fraction of sp³-hybridized carbons (Fsp3) is 0.419. The van der Waals surface area contributed by atoms with Crippen molar-refractivity contribution in [2.24, 2.45) is 11.7 Å². The van der Waals surface area contributed by atoms with Gasteiger partial charge in [-0.2, -0.15) is 0 Å². The molecule has 2 aromatic rings. The zero-order valence-corrected chi connectivity index (χ0v) is 22.7. The summed E-state index contributed by atoms with van der Waals surface area (Å²) >= 11 is 1.61. The van der Waals surface area contributed by atoms with E-state index in [-0.39, 0.29) is 0 Å². The van der Waals surface area contributed by atoms with Crippen LogP contribution in [0.1, 0.15) is 63.1 Å². The molecule has 0 unspecified atom stereocenters. The minimum Gasteiger partial charge on any atom is -0.399 e. The number of hydrogen-bond acceptors (Lipinski definition) is 4. The summed E-state index contributed by atoms with van der Waals surface area (Å²) in [5.41, 5.74) is 10.8. The second-order valence-electron chi connectivity index (χ2n) is 9.53. The molecule has 0 aromatic heterocycles. The van der Waals surface area contributed by atoms with Crippen molar-refractivity contribution in [3.63, 3.8) is 0 Å². The summed E-state index contributed by atoms with van der Waals surface area (Å²) in [7, 11) is 0. The summed E-state index contributed by atoms with van der Waals surface area (Å²) < 4.78 is 0. The van der Waals surface area contributed by atoms with Gasteiger partial charge in [0.05, 0.1) is 0 Å². The van der Waals surface area contributed by atoms with Crippen LogP contribution < -0.4 is 10.6 Å². The van der Waals surface area contributed by atoms with Crippen molar-refractivity contribution in [1.82, 2.24) is 4.90 Å². The van der Waals surface area contributed by atoms with E-state index in [0.29, 0.717) is 5.70 Å². The third-order valence-corrected chi connectivity index (χ3v) is 8.16. The minimum atomic E-state index is 0.578. The van der Waals surface area contributed by atoms with E-state index in [1.165, 1.54) is 44.5 Å². The van der Waals surface area contributed by atoms with Crippen LogP contribution >= 0.6 is 11.8 Å². The summed E-state index contributed by atoms with van der Waals surface area (Å²) in [6.07, 6.45) is 5.56. The van der Waals surface area contributed by atoms with Gasteiger partial charge >= 0.3 is 0 Å². The molecule has 2 fully saturated rings. The van der Waals surface area contributed by atoms with Gasteiger partial charge in [-0.25, -0.2) is 0 Å². The van der Waals surface area contributed by atoms with Gasteiger partial charge in [0, 0.05) is 53.4 Å². The first kappa shape index (κ1) is 27.2. The SMILES string of the molecule is C=C(N)c1ccc(C(=C)SC(=C)c2ccc(N3CCN(C4CCC(C)CC4)CC3)cc2)cc1.CC. The number of anilines is 1. The Morgan fingerprint density at radius 1 is 0.743 bits per heavy atom. The third kappa shape index (κ3) is 7.28. The fourth-order valence-electron chi connectivity index (χ4n) is 4.95. The molecule has 1 aliphatic heterocycles. The quantitative estimate of drug-likeness (QED) is 0.431. The van der Waals surface area contributed by atoms with E-state index in [9.17, 15) is 0 Å². The Morgan fingerprint density at radius 3 is 1.69 bits per heavy atom. The Hall–Kier alpha value is -2.43. The van der Waals surface area contributed by atoms with Crippen LogP contribution in [0.3, 0.4) is 0 Å². The van der Waals surface area contributed by atoms with Gasteiger partial charge in [-0.3, -0.25) is 4.90 Å². The topological polar surface area (TPSA) is 32.5 Å². The van der Waals surface area contributed by atoms with Crippen LogP contribution in [0.5, 0.6) is 0 Å². The highest BCUT2D eigenvalue weighted by Gasteiger charge is 2.27. The lowest BCUT2D eigenvalue weighted by atomic mass is 9.86. The number of nitrogens with two attached hydrogens (primary N) is 1. The number of hydrogen-bond donors (Lipinski definition) is 1. The third-order valence-electron chi connectivity index (χ3n) is 7.19. The average molecular weight is 490 g/mol. The van der Waals surface area contributed by atoms with Crippen LogP contribution in [0.2, 0.25) is 0 Å². The molecule has 0 bridgehead atoms. The van der Waals surface area contributed by atoms with Crippen LogP contribution in [0.15, 0.2) is 68.3 Å². The summed E-state index contributed by atoms with van der Waals surface area (Å²) in [6.45, 7) is 23.3. The largest absolute Gasteiger partial charge is 0.399 e. The zero-order valence-electron chi connectivity index (χ0n) is 21.9. The molecule has 3 nitrogen and oxygen atoms in total. The number of nitrogens with zero attached hydrogens (tertiary/aromatic N) is 2. The summed E-state index contributed by atoms with van der Waals surface area (Å²) in [5, 5.41) is 0. The lowest BCUT2D eigenvalue weighted by Gasteiger charge is -2.42. The predicted molar refractivity (Wildman–Crippen MR) is 158 cm³/mol. The maximum Gasteiger partial charge on any atom is 0.0367 e. The summed E-state index contributed by atoms with van der Waals surface area (Å²) in [6, 6.07) is 17.7. The number of thioether (sulfide) groups is 1. The summed E-state index contributed by atoms with van der Waals surface area (Å²) in [5.74, 6) is 0.920. The molecular weight excluding hydrogens is 446 g/mol. The molecule has 35 heavy (non-hydrogen) atoms. The molecule has 1 heterocycles. The molecule has 2 aromatic carbocycles. The van der Waals surface area contributed by atoms with Crippen molar-refractivity contribution < 1.29 is 0 Å². The van der Waals surface area contributed by atoms with Gasteiger partial charge in [0.25, 0.3) is 0 Å². The second kappa shape index (κ2) is 13.0. The number of rotatable bonds is 7. The van der Waals surface area contributed by atoms with Gasteiger partial charge in [0.1, 0.15) is 0 Å². The van der Waals surface area contributed by atoms with Crippen molar-refractivity contribution in [3.8, 4) is 0 Å². The molecule has 2 N–H and O–H groups in total. The molecule has 0 amide bonds. The van der Waals surface area contributed by atoms with Crippen molar-refractivity contribution >= 4 is 33.0 Å². The standard InChI is InChI=1S/C29H37N3S.C2H6/c1-21-5-13-28(14-6-21)31-17-19-32(20-18-31)29-15-11-27(12-16-29)24(4)33-23(3)26-9-7-25(8-10-26)22(2)30;1-2/h7-12,15-16,21,28H,2-6,13-14,17-20,30H2,1H3;1-2H3. The molecule has 1 saturated carbocycles. The van der Waals surface area contributed by atoms with Gasteiger partial charge in [0.15, 0.2) is 0 Å². The molecule has 4 rings (SSSR count). The fourth-order valence-corrected chi connectivity index (χ4v) is 5.75. The summed E-state index contributed by atoms with van der Waals surface area (Å²) in [4.78, 5) is 7.24. The smallest absolute Gasteiger partial charge is 0.0367 e. The van der Waals surface area contributed by atoms with E-state index in [1.54, 1.807) is 11.8 Å². The maximum absolute atomic E-state index is 5.77. The number of piperazine rings is 1. The molecule has 0 spiro atoms. The molecule has 2 aliphatic rings. The van der Waals surface area contributed by atoms with Gasteiger partial charge in [-0.15, -0.1) is 0 Å². The maximum atomic E-state index is 5.77. The van der Waals surface area contributed by atoms with Gasteiger partial charge in [0.2, 0.25) is 0 Å². The van der Waals surface area contributed by atoms with E-state index in [0.717, 1.165) is 51.5 Å². The van der Waals surface area contributed by atoms with Gasteiger partial charge in [-0.05, 0) is 60.4 Å². The van der Waals surface area contributed by atoms with Crippen molar-refractivity contribution in [2.75, 3.05) is 31.1 Å².